The van der Waals surface area contributed by atoms with Crippen LogP contribution in [0.2, 0.25) is 0 Å². The average molecular weight is 228 g/mol. The summed E-state index contributed by atoms with van der Waals surface area (Å²) in [5.74, 6) is 0.146. The predicted molar refractivity (Wildman–Crippen MR) is 61.9 cm³/mol. The highest BCUT2D eigenvalue weighted by atomic mass is 32.1. The van der Waals surface area contributed by atoms with Crippen molar-refractivity contribution >= 4 is 22.9 Å². The van der Waals surface area contributed by atoms with Gasteiger partial charge in [-0.1, -0.05) is 6.92 Å². The fraction of sp³-hybridized carbons (Fsp3) is 0.500. The van der Waals surface area contributed by atoms with E-state index in [0.29, 0.717) is 23.5 Å². The summed E-state index contributed by atoms with van der Waals surface area (Å²) in [5, 5.41) is 13.3. The van der Waals surface area contributed by atoms with Gasteiger partial charge in [0, 0.05) is 13.2 Å². The lowest BCUT2D eigenvalue weighted by Crippen LogP contribution is -2.28. The Morgan fingerprint density at radius 1 is 1.73 bits per heavy atom. The van der Waals surface area contributed by atoms with Crippen LogP contribution in [0, 0.1) is 5.92 Å². The molecule has 0 spiro atoms. The summed E-state index contributed by atoms with van der Waals surface area (Å²) in [5.41, 5.74) is 6.14. The molecule has 84 valence electrons. The topological polar surface area (TPSA) is 75.3 Å². The molecule has 0 aliphatic carbocycles. The van der Waals surface area contributed by atoms with E-state index in [1.54, 1.807) is 11.4 Å². The second-order valence-electron chi connectivity index (χ2n) is 3.53. The van der Waals surface area contributed by atoms with Gasteiger partial charge < -0.3 is 16.2 Å². The van der Waals surface area contributed by atoms with E-state index in [0.717, 1.165) is 0 Å². The van der Waals surface area contributed by atoms with Gasteiger partial charge in [0.15, 0.2) is 0 Å². The summed E-state index contributed by atoms with van der Waals surface area (Å²) in [6.07, 6.45) is 0.695. The molecule has 4 N–H and O–H groups in total. The monoisotopic (exact) mass is 228 g/mol. The van der Waals surface area contributed by atoms with Crippen molar-refractivity contribution in [3.8, 4) is 0 Å². The maximum absolute atomic E-state index is 11.6. The summed E-state index contributed by atoms with van der Waals surface area (Å²) in [6, 6.07) is 1.72. The van der Waals surface area contributed by atoms with Crippen LogP contribution in [0.25, 0.3) is 0 Å². The minimum Gasteiger partial charge on any atom is -0.397 e. The van der Waals surface area contributed by atoms with Crippen molar-refractivity contribution in [3.63, 3.8) is 0 Å². The zero-order chi connectivity index (χ0) is 11.3. The van der Waals surface area contributed by atoms with Crippen LogP contribution in [0.15, 0.2) is 11.4 Å². The van der Waals surface area contributed by atoms with E-state index >= 15 is 0 Å². The minimum absolute atomic E-state index is 0.132. The Hall–Kier alpha value is -1.07. The SMILES string of the molecule is CC(CCO)CNC(=O)c1sccc1N. The van der Waals surface area contributed by atoms with Crippen LogP contribution < -0.4 is 11.1 Å². The van der Waals surface area contributed by atoms with Crippen molar-refractivity contribution in [1.29, 1.82) is 0 Å². The van der Waals surface area contributed by atoms with Gasteiger partial charge >= 0.3 is 0 Å². The van der Waals surface area contributed by atoms with Crippen LogP contribution in [0.1, 0.15) is 23.0 Å². The number of nitrogens with one attached hydrogen (secondary N) is 1. The molecule has 5 heteroatoms. The largest absolute Gasteiger partial charge is 0.397 e. The highest BCUT2D eigenvalue weighted by molar-refractivity contribution is 7.12. The molecule has 0 fully saturated rings. The zero-order valence-corrected chi connectivity index (χ0v) is 9.51. The molecule has 1 unspecified atom stereocenters. The lowest BCUT2D eigenvalue weighted by Gasteiger charge is -2.10. The predicted octanol–water partition coefficient (Wildman–Crippen LogP) is 1.08. The van der Waals surface area contributed by atoms with Gasteiger partial charge in [-0.2, -0.15) is 0 Å². The normalized spacial score (nSPS) is 12.4. The molecule has 0 aliphatic rings. The van der Waals surface area contributed by atoms with Gasteiger partial charge in [-0.05, 0) is 23.8 Å². The Balaban J connectivity index is 2.40. The van der Waals surface area contributed by atoms with Crippen LogP contribution in [0.5, 0.6) is 0 Å². The molecule has 1 heterocycles. The molecule has 1 rings (SSSR count). The number of rotatable bonds is 5. The van der Waals surface area contributed by atoms with Gasteiger partial charge in [-0.15, -0.1) is 11.3 Å². The number of carbonyl (C=O) groups is 1. The molecule has 1 amide bonds. The van der Waals surface area contributed by atoms with Crippen molar-refractivity contribution in [2.75, 3.05) is 18.9 Å². The highest BCUT2D eigenvalue weighted by Crippen LogP contribution is 2.18. The summed E-state index contributed by atoms with van der Waals surface area (Å²) in [6.45, 7) is 2.70. The first kappa shape index (κ1) is 12.0. The number of anilines is 1. The van der Waals surface area contributed by atoms with Gasteiger partial charge in [0.25, 0.3) is 5.91 Å². The second kappa shape index (κ2) is 5.72. The van der Waals surface area contributed by atoms with Crippen molar-refractivity contribution < 1.29 is 9.90 Å². The van der Waals surface area contributed by atoms with E-state index in [2.05, 4.69) is 5.32 Å². The number of amides is 1. The highest BCUT2D eigenvalue weighted by Gasteiger charge is 2.11. The molecule has 0 saturated heterocycles. The molecule has 15 heavy (non-hydrogen) atoms. The van der Waals surface area contributed by atoms with E-state index in [4.69, 9.17) is 10.8 Å². The maximum Gasteiger partial charge on any atom is 0.263 e. The summed E-state index contributed by atoms with van der Waals surface area (Å²) in [7, 11) is 0. The van der Waals surface area contributed by atoms with Crippen molar-refractivity contribution in [2.45, 2.75) is 13.3 Å². The first-order chi connectivity index (χ1) is 7.15. The summed E-state index contributed by atoms with van der Waals surface area (Å²) in [4.78, 5) is 12.2. The zero-order valence-electron chi connectivity index (χ0n) is 8.69. The molecular weight excluding hydrogens is 212 g/mol. The minimum atomic E-state index is -0.132. The smallest absolute Gasteiger partial charge is 0.263 e. The van der Waals surface area contributed by atoms with Crippen LogP contribution in [0.4, 0.5) is 5.69 Å². The lowest BCUT2D eigenvalue weighted by atomic mass is 10.1. The average Bonchev–Trinajstić information content (AvgIpc) is 2.61. The number of nitrogens with two attached hydrogens (primary N) is 1. The summed E-state index contributed by atoms with van der Waals surface area (Å²) >= 11 is 1.34. The van der Waals surface area contributed by atoms with Crippen LogP contribution in [0.3, 0.4) is 0 Å². The van der Waals surface area contributed by atoms with E-state index in [-0.39, 0.29) is 18.4 Å². The van der Waals surface area contributed by atoms with Crippen LogP contribution >= 0.6 is 11.3 Å². The van der Waals surface area contributed by atoms with Gasteiger partial charge in [0.1, 0.15) is 4.88 Å². The second-order valence-corrected chi connectivity index (χ2v) is 4.45. The summed E-state index contributed by atoms with van der Waals surface area (Å²) < 4.78 is 0. The molecule has 1 atom stereocenters. The molecular formula is C10H16N2O2S. The quantitative estimate of drug-likeness (QED) is 0.706. The van der Waals surface area contributed by atoms with E-state index in [1.165, 1.54) is 11.3 Å². The van der Waals surface area contributed by atoms with Gasteiger partial charge in [-0.3, -0.25) is 4.79 Å². The molecule has 0 radical (unpaired) electrons. The molecule has 4 nitrogen and oxygen atoms in total. The van der Waals surface area contributed by atoms with Crippen molar-refractivity contribution in [3.05, 3.63) is 16.3 Å². The van der Waals surface area contributed by atoms with Gasteiger partial charge in [0.05, 0.1) is 5.69 Å². The standard InChI is InChI=1S/C10H16N2O2S/c1-7(2-4-13)6-12-10(14)9-8(11)3-5-15-9/h3,5,7,13H,2,4,6,11H2,1H3,(H,12,14). The first-order valence-electron chi connectivity index (χ1n) is 4.87. The van der Waals surface area contributed by atoms with E-state index in [1.807, 2.05) is 6.92 Å². The number of aliphatic hydroxyl groups is 1. The molecule has 1 aromatic rings. The molecule has 0 aliphatic heterocycles. The Morgan fingerprint density at radius 3 is 3.00 bits per heavy atom. The number of carbonyl (C=O) groups excluding carboxylic acids is 1. The van der Waals surface area contributed by atoms with E-state index < -0.39 is 0 Å². The molecule has 0 saturated carbocycles. The number of hydrogen-bond acceptors (Lipinski definition) is 4. The molecule has 1 aromatic heterocycles. The van der Waals surface area contributed by atoms with Crippen LogP contribution in [-0.4, -0.2) is 24.2 Å². The number of thiophene rings is 1. The lowest BCUT2D eigenvalue weighted by molar-refractivity contribution is 0.0950. The van der Waals surface area contributed by atoms with Crippen molar-refractivity contribution in [1.82, 2.24) is 5.32 Å². The first-order valence-corrected chi connectivity index (χ1v) is 5.75. The Labute approximate surface area is 93.1 Å². The number of nitrogen functional groups attached to an aromatic ring is 1. The molecule has 0 bridgehead atoms. The van der Waals surface area contributed by atoms with Crippen LogP contribution in [-0.2, 0) is 0 Å². The Bertz CT molecular complexity index is 325. The Morgan fingerprint density at radius 2 is 2.47 bits per heavy atom. The van der Waals surface area contributed by atoms with E-state index in [9.17, 15) is 4.79 Å². The molecule has 0 aromatic carbocycles. The fourth-order valence-electron chi connectivity index (χ4n) is 1.17. The van der Waals surface area contributed by atoms with Gasteiger partial charge in [0.2, 0.25) is 0 Å². The third-order valence-corrected chi connectivity index (χ3v) is 3.06. The van der Waals surface area contributed by atoms with Gasteiger partial charge in [-0.25, -0.2) is 0 Å². The van der Waals surface area contributed by atoms with Crippen molar-refractivity contribution in [2.24, 2.45) is 5.92 Å². The Kier molecular flexibility index (Phi) is 4.58. The number of hydrogen-bond donors (Lipinski definition) is 3. The third kappa shape index (κ3) is 3.53. The number of aliphatic hydroxyl groups excluding tert-OH is 1. The fourth-order valence-corrected chi connectivity index (χ4v) is 1.91. The maximum atomic E-state index is 11.6. The third-order valence-electron chi connectivity index (χ3n) is 2.13.